The highest BCUT2D eigenvalue weighted by molar-refractivity contribution is 7.89. The molecule has 2 aromatic carbocycles. The monoisotopic (exact) mass is 437 g/mol. The van der Waals surface area contributed by atoms with Gasteiger partial charge < -0.3 is 5.32 Å². The average molecular weight is 438 g/mol. The van der Waals surface area contributed by atoms with Gasteiger partial charge in [-0.25, -0.2) is 8.42 Å². The second-order valence-electron chi connectivity index (χ2n) is 7.88. The Kier molecular flexibility index (Phi) is 6.07. The number of carbonyl (C=O) groups is 1. The summed E-state index contributed by atoms with van der Waals surface area (Å²) in [4.78, 5) is 18.2. The molecule has 31 heavy (non-hydrogen) atoms. The van der Waals surface area contributed by atoms with Gasteiger partial charge in [-0.1, -0.05) is 37.6 Å². The number of piperidine rings is 1. The molecule has 1 aromatic heterocycles. The van der Waals surface area contributed by atoms with E-state index in [1.807, 2.05) is 38.1 Å². The Morgan fingerprint density at radius 3 is 2.55 bits per heavy atom. The number of para-hydroxylation sites is 1. The van der Waals surface area contributed by atoms with Crippen molar-refractivity contribution in [2.24, 2.45) is 0 Å². The molecule has 162 valence electrons. The lowest BCUT2D eigenvalue weighted by Gasteiger charge is -2.26. The molecule has 0 saturated carbocycles. The number of pyridine rings is 1. The normalized spacial score (nSPS) is 15.2. The number of hydrogen-bond acceptors (Lipinski definition) is 4. The second-order valence-corrected chi connectivity index (χ2v) is 9.81. The summed E-state index contributed by atoms with van der Waals surface area (Å²) in [6.45, 7) is 5.01. The van der Waals surface area contributed by atoms with Crippen LogP contribution >= 0.6 is 0 Å². The van der Waals surface area contributed by atoms with Gasteiger partial charge in [0.25, 0.3) is 5.91 Å². The number of benzene rings is 2. The number of rotatable bonds is 5. The maximum absolute atomic E-state index is 13.3. The van der Waals surface area contributed by atoms with E-state index in [-0.39, 0.29) is 10.8 Å². The molecule has 1 N–H and O–H groups in total. The van der Waals surface area contributed by atoms with Crippen molar-refractivity contribution in [1.29, 1.82) is 0 Å². The average Bonchev–Trinajstić information content (AvgIpc) is 2.79. The van der Waals surface area contributed by atoms with Crippen LogP contribution in [0.5, 0.6) is 0 Å². The summed E-state index contributed by atoms with van der Waals surface area (Å²) in [6, 6.07) is 14.1. The number of fused-ring (bicyclic) bond motifs is 1. The zero-order valence-electron chi connectivity index (χ0n) is 17.9. The molecule has 2 heterocycles. The van der Waals surface area contributed by atoms with E-state index in [2.05, 4.69) is 10.3 Å². The Labute approximate surface area is 183 Å². The molecule has 0 aliphatic carbocycles. The third kappa shape index (κ3) is 4.20. The van der Waals surface area contributed by atoms with Gasteiger partial charge in [0.05, 0.1) is 16.0 Å². The fourth-order valence-electron chi connectivity index (χ4n) is 4.18. The van der Waals surface area contributed by atoms with E-state index in [4.69, 9.17) is 0 Å². The van der Waals surface area contributed by atoms with Crippen molar-refractivity contribution >= 4 is 32.5 Å². The molecular formula is C24H27N3O3S. The predicted molar refractivity (Wildman–Crippen MR) is 123 cm³/mol. The molecule has 1 aliphatic rings. The van der Waals surface area contributed by atoms with Crippen LogP contribution in [0.3, 0.4) is 0 Å². The molecule has 0 radical (unpaired) electrons. The lowest BCUT2D eigenvalue weighted by molar-refractivity contribution is 0.102. The van der Waals surface area contributed by atoms with Gasteiger partial charge >= 0.3 is 0 Å². The number of aryl methyl sites for hydroxylation is 1. The fraction of sp³-hybridized carbons (Fsp3) is 0.333. The SMILES string of the molecule is CCc1nc2ccccc2c(C(=O)Nc2cccc(S(=O)(=O)N3CCCCC3)c2)c1C. The Bertz CT molecular complexity index is 1230. The van der Waals surface area contributed by atoms with Crippen LogP contribution < -0.4 is 5.32 Å². The molecular weight excluding hydrogens is 410 g/mol. The molecule has 1 fully saturated rings. The second kappa shape index (κ2) is 8.77. The van der Waals surface area contributed by atoms with Crippen molar-refractivity contribution < 1.29 is 13.2 Å². The molecule has 4 rings (SSSR count). The minimum atomic E-state index is -3.57. The van der Waals surface area contributed by atoms with Gasteiger partial charge in [0, 0.05) is 29.9 Å². The summed E-state index contributed by atoms with van der Waals surface area (Å²) >= 11 is 0. The van der Waals surface area contributed by atoms with E-state index in [1.54, 1.807) is 24.3 Å². The maximum atomic E-state index is 13.3. The number of amides is 1. The van der Waals surface area contributed by atoms with Gasteiger partial charge in [0.2, 0.25) is 10.0 Å². The third-order valence-corrected chi connectivity index (χ3v) is 7.74. The highest BCUT2D eigenvalue weighted by Crippen LogP contribution is 2.26. The highest BCUT2D eigenvalue weighted by Gasteiger charge is 2.26. The number of nitrogens with one attached hydrogen (secondary N) is 1. The molecule has 1 amide bonds. The van der Waals surface area contributed by atoms with Crippen LogP contribution in [0.25, 0.3) is 10.9 Å². The van der Waals surface area contributed by atoms with Crippen molar-refractivity contribution in [3.05, 3.63) is 65.4 Å². The lowest BCUT2D eigenvalue weighted by Crippen LogP contribution is -2.35. The van der Waals surface area contributed by atoms with Gasteiger partial charge in [0.1, 0.15) is 0 Å². The van der Waals surface area contributed by atoms with Crippen molar-refractivity contribution in [2.75, 3.05) is 18.4 Å². The number of carbonyl (C=O) groups excluding carboxylic acids is 1. The zero-order valence-corrected chi connectivity index (χ0v) is 18.7. The zero-order chi connectivity index (χ0) is 22.0. The van der Waals surface area contributed by atoms with Crippen LogP contribution in [-0.2, 0) is 16.4 Å². The third-order valence-electron chi connectivity index (χ3n) is 5.84. The molecule has 0 spiro atoms. The van der Waals surface area contributed by atoms with Crippen LogP contribution in [0.15, 0.2) is 53.4 Å². The molecule has 1 saturated heterocycles. The standard InChI is InChI=1S/C24H27N3O3S/c1-3-21-17(2)23(20-12-5-6-13-22(20)26-21)24(28)25-18-10-9-11-19(16-18)31(29,30)27-14-7-4-8-15-27/h5-6,9-13,16H,3-4,7-8,14-15H2,1-2H3,(H,25,28). The first kappa shape index (κ1) is 21.5. The Balaban J connectivity index is 1.67. The summed E-state index contributed by atoms with van der Waals surface area (Å²) in [7, 11) is -3.57. The minimum Gasteiger partial charge on any atom is -0.322 e. The maximum Gasteiger partial charge on any atom is 0.256 e. The Hall–Kier alpha value is -2.77. The van der Waals surface area contributed by atoms with Crippen LogP contribution in [0.1, 0.15) is 47.8 Å². The molecule has 0 unspecified atom stereocenters. The van der Waals surface area contributed by atoms with Crippen molar-refractivity contribution in [2.45, 2.75) is 44.4 Å². The number of sulfonamides is 1. The van der Waals surface area contributed by atoms with Gasteiger partial charge in [-0.2, -0.15) is 4.31 Å². The number of hydrogen-bond donors (Lipinski definition) is 1. The minimum absolute atomic E-state index is 0.206. The molecule has 1 aliphatic heterocycles. The van der Waals surface area contributed by atoms with E-state index in [0.29, 0.717) is 24.3 Å². The first-order valence-electron chi connectivity index (χ1n) is 10.7. The van der Waals surface area contributed by atoms with Crippen LogP contribution in [-0.4, -0.2) is 36.7 Å². The summed E-state index contributed by atoms with van der Waals surface area (Å²) in [6.07, 6.45) is 3.54. The van der Waals surface area contributed by atoms with Gasteiger partial charge in [-0.3, -0.25) is 9.78 Å². The first-order chi connectivity index (χ1) is 14.9. The van der Waals surface area contributed by atoms with E-state index in [1.165, 1.54) is 4.31 Å². The summed E-state index contributed by atoms with van der Waals surface area (Å²) in [5.74, 6) is -0.265. The summed E-state index contributed by atoms with van der Waals surface area (Å²) in [5.41, 5.74) is 3.53. The van der Waals surface area contributed by atoms with Gasteiger partial charge in [0.15, 0.2) is 0 Å². The first-order valence-corrected chi connectivity index (χ1v) is 12.2. The summed E-state index contributed by atoms with van der Waals surface area (Å²) < 4.78 is 27.6. The lowest BCUT2D eigenvalue weighted by atomic mass is 9.99. The van der Waals surface area contributed by atoms with E-state index in [9.17, 15) is 13.2 Å². The van der Waals surface area contributed by atoms with Crippen LogP contribution in [0, 0.1) is 6.92 Å². The van der Waals surface area contributed by atoms with Crippen molar-refractivity contribution in [3.8, 4) is 0 Å². The van der Waals surface area contributed by atoms with Gasteiger partial charge in [-0.05, 0) is 56.0 Å². The fourth-order valence-corrected chi connectivity index (χ4v) is 5.74. The van der Waals surface area contributed by atoms with E-state index in [0.717, 1.165) is 47.8 Å². The van der Waals surface area contributed by atoms with Crippen LogP contribution in [0.4, 0.5) is 5.69 Å². The van der Waals surface area contributed by atoms with Crippen LogP contribution in [0.2, 0.25) is 0 Å². The quantitative estimate of drug-likeness (QED) is 0.636. The smallest absolute Gasteiger partial charge is 0.256 e. The Morgan fingerprint density at radius 2 is 1.81 bits per heavy atom. The number of aromatic nitrogens is 1. The largest absolute Gasteiger partial charge is 0.322 e. The molecule has 6 nitrogen and oxygen atoms in total. The van der Waals surface area contributed by atoms with E-state index >= 15 is 0 Å². The van der Waals surface area contributed by atoms with Crippen molar-refractivity contribution in [1.82, 2.24) is 9.29 Å². The molecule has 0 atom stereocenters. The van der Waals surface area contributed by atoms with Gasteiger partial charge in [-0.15, -0.1) is 0 Å². The number of anilines is 1. The molecule has 3 aromatic rings. The number of nitrogens with zero attached hydrogens (tertiary/aromatic N) is 2. The summed E-state index contributed by atoms with van der Waals surface area (Å²) in [5, 5.41) is 3.69. The Morgan fingerprint density at radius 1 is 1.06 bits per heavy atom. The molecule has 7 heteroatoms. The topological polar surface area (TPSA) is 79.4 Å². The predicted octanol–water partition coefficient (Wildman–Crippen LogP) is 4.53. The van der Waals surface area contributed by atoms with E-state index < -0.39 is 10.0 Å². The molecule has 0 bridgehead atoms. The highest BCUT2D eigenvalue weighted by atomic mass is 32.2. The van der Waals surface area contributed by atoms with Crippen molar-refractivity contribution in [3.63, 3.8) is 0 Å².